The minimum Gasteiger partial charge on any atom is -0.465 e. The molecule has 0 amide bonds. The molecule has 8 heteroatoms. The van der Waals surface area contributed by atoms with E-state index in [1.807, 2.05) is 6.07 Å². The van der Waals surface area contributed by atoms with Crippen molar-refractivity contribution in [2.45, 2.75) is 51.4 Å². The lowest BCUT2D eigenvalue weighted by Crippen LogP contribution is -2.20. The maximum atomic E-state index is 11.5. The minimum absolute atomic E-state index is 0.102. The maximum absolute atomic E-state index is 11.5. The van der Waals surface area contributed by atoms with Crippen molar-refractivity contribution >= 4 is 23.5 Å². The minimum atomic E-state index is -0.571. The molecule has 2 aromatic heterocycles. The molecule has 2 heterocycles. The molecule has 2 aliphatic rings. The summed E-state index contributed by atoms with van der Waals surface area (Å²) in [6, 6.07) is 3.48. The van der Waals surface area contributed by atoms with E-state index in [4.69, 9.17) is 11.6 Å². The molecule has 2 aliphatic carbocycles. The van der Waals surface area contributed by atoms with Gasteiger partial charge in [0.2, 0.25) is 0 Å². The lowest BCUT2D eigenvalue weighted by Gasteiger charge is -2.07. The molecule has 2 aromatic rings. The molecular weight excluding hydrogens is 408 g/mol. The van der Waals surface area contributed by atoms with Gasteiger partial charge in [-0.1, -0.05) is 25.4 Å². The molecule has 160 valence electrons. The number of hydrogen-bond acceptors (Lipinski definition) is 6. The summed E-state index contributed by atoms with van der Waals surface area (Å²) in [6.45, 7) is 4.22. The van der Waals surface area contributed by atoms with Gasteiger partial charge in [0.15, 0.2) is 0 Å². The lowest BCUT2D eigenvalue weighted by atomic mass is 10.0. The third-order valence-corrected chi connectivity index (χ3v) is 6.05. The number of fused-ring (bicyclic) bond motifs is 2. The van der Waals surface area contributed by atoms with Gasteiger partial charge in [-0.2, -0.15) is 0 Å². The molecule has 2 unspecified atom stereocenters. The van der Waals surface area contributed by atoms with Gasteiger partial charge in [-0.3, -0.25) is 4.79 Å². The summed E-state index contributed by atoms with van der Waals surface area (Å²) in [5.74, 6) is -0.138. The SMILES string of the molecule is COC(=O)c1cc2c([nH]c1=O)CCC2C.COC(=O)c1cc2c(nc1Cl)CCC2C. The highest BCUT2D eigenvalue weighted by Gasteiger charge is 2.24. The Morgan fingerprint density at radius 2 is 1.57 bits per heavy atom. The number of nitrogens with one attached hydrogen (secondary N) is 1. The van der Waals surface area contributed by atoms with Crippen LogP contribution in [0.3, 0.4) is 0 Å². The Bertz CT molecular complexity index is 1050. The van der Waals surface area contributed by atoms with Gasteiger partial charge in [-0.15, -0.1) is 0 Å². The Hall–Kier alpha value is -2.67. The number of carbonyl (C=O) groups excluding carboxylic acids is 2. The van der Waals surface area contributed by atoms with Gasteiger partial charge in [0.25, 0.3) is 5.56 Å². The monoisotopic (exact) mass is 432 g/mol. The predicted octanol–water partition coefficient (Wildman–Crippen LogP) is 3.78. The lowest BCUT2D eigenvalue weighted by molar-refractivity contribution is 0.0590. The number of methoxy groups -OCH3 is 2. The fourth-order valence-electron chi connectivity index (χ4n) is 3.94. The first-order valence-corrected chi connectivity index (χ1v) is 10.3. The summed E-state index contributed by atoms with van der Waals surface area (Å²) in [5, 5.41) is 0.245. The second-order valence-corrected chi connectivity index (χ2v) is 8.03. The molecule has 30 heavy (non-hydrogen) atoms. The van der Waals surface area contributed by atoms with Crippen LogP contribution >= 0.6 is 11.6 Å². The largest absolute Gasteiger partial charge is 0.465 e. The number of halogens is 1. The molecule has 0 spiro atoms. The molecule has 0 bridgehead atoms. The van der Waals surface area contributed by atoms with E-state index in [1.54, 1.807) is 6.07 Å². The van der Waals surface area contributed by atoms with Crippen LogP contribution in [0.5, 0.6) is 0 Å². The fourth-order valence-corrected chi connectivity index (χ4v) is 4.17. The number of nitrogens with zero attached hydrogens (tertiary/aromatic N) is 1. The number of aryl methyl sites for hydroxylation is 2. The number of pyridine rings is 2. The van der Waals surface area contributed by atoms with Crippen LogP contribution in [-0.2, 0) is 22.3 Å². The maximum Gasteiger partial charge on any atom is 0.343 e. The smallest absolute Gasteiger partial charge is 0.343 e. The van der Waals surface area contributed by atoms with Crippen molar-refractivity contribution in [2.24, 2.45) is 0 Å². The molecule has 1 N–H and O–H groups in total. The van der Waals surface area contributed by atoms with Gasteiger partial charge >= 0.3 is 11.9 Å². The molecule has 0 fully saturated rings. The van der Waals surface area contributed by atoms with Gasteiger partial charge in [0.1, 0.15) is 10.7 Å². The van der Waals surface area contributed by atoms with E-state index in [-0.39, 0.29) is 16.3 Å². The summed E-state index contributed by atoms with van der Waals surface area (Å²) in [5.41, 5.74) is 4.28. The first kappa shape index (κ1) is 22.0. The number of aromatic nitrogens is 2. The molecule has 2 atom stereocenters. The Kier molecular flexibility index (Phi) is 6.61. The highest BCUT2D eigenvalue weighted by molar-refractivity contribution is 6.32. The molecule has 7 nitrogen and oxygen atoms in total. The third-order valence-electron chi connectivity index (χ3n) is 5.76. The quantitative estimate of drug-likeness (QED) is 0.572. The fraction of sp³-hybridized carbons (Fsp3) is 0.455. The summed E-state index contributed by atoms with van der Waals surface area (Å²) >= 11 is 5.92. The summed E-state index contributed by atoms with van der Waals surface area (Å²) in [6.07, 6.45) is 3.92. The van der Waals surface area contributed by atoms with E-state index in [2.05, 4.69) is 33.3 Å². The van der Waals surface area contributed by atoms with E-state index in [0.717, 1.165) is 48.2 Å². The number of ether oxygens (including phenoxy) is 2. The molecule has 0 saturated heterocycles. The Balaban J connectivity index is 0.000000171. The zero-order valence-corrected chi connectivity index (χ0v) is 18.3. The third kappa shape index (κ3) is 4.26. The zero-order chi connectivity index (χ0) is 22.0. The molecule has 0 aliphatic heterocycles. The van der Waals surface area contributed by atoms with Crippen molar-refractivity contribution in [2.75, 3.05) is 14.2 Å². The van der Waals surface area contributed by atoms with E-state index in [9.17, 15) is 14.4 Å². The van der Waals surface area contributed by atoms with Gasteiger partial charge in [0.05, 0.1) is 19.8 Å². The molecule has 4 rings (SSSR count). The number of H-pyrrole nitrogens is 1. The number of carbonyl (C=O) groups is 2. The van der Waals surface area contributed by atoms with E-state index in [0.29, 0.717) is 17.4 Å². The molecular formula is C22H25ClN2O5. The zero-order valence-electron chi connectivity index (χ0n) is 17.5. The van der Waals surface area contributed by atoms with Gasteiger partial charge in [-0.25, -0.2) is 14.6 Å². The normalized spacial score (nSPS) is 18.7. The summed E-state index contributed by atoms with van der Waals surface area (Å²) in [7, 11) is 2.62. The molecule has 0 aromatic carbocycles. The standard InChI is InChI=1S/C11H12ClNO2.C11H13NO3/c1-6-3-4-9-7(6)5-8(10(12)13-9)11(14)15-2;1-6-3-4-9-7(6)5-8(10(13)12-9)11(14)15-2/h5-6H,3-4H2,1-2H3;5-6H,3-4H2,1-2H3,(H,12,13). The van der Waals surface area contributed by atoms with Crippen molar-refractivity contribution in [1.29, 1.82) is 0 Å². The number of aromatic amines is 1. The van der Waals surface area contributed by atoms with Gasteiger partial charge in [0, 0.05) is 11.4 Å². The second kappa shape index (κ2) is 9.00. The second-order valence-electron chi connectivity index (χ2n) is 7.67. The highest BCUT2D eigenvalue weighted by atomic mass is 35.5. The average Bonchev–Trinajstić information content (AvgIpc) is 3.28. The number of rotatable bonds is 2. The van der Waals surface area contributed by atoms with Crippen LogP contribution in [0, 0.1) is 0 Å². The van der Waals surface area contributed by atoms with Crippen molar-refractivity contribution in [3.8, 4) is 0 Å². The first-order chi connectivity index (χ1) is 14.3. The first-order valence-electron chi connectivity index (χ1n) is 9.88. The van der Waals surface area contributed by atoms with Crippen LogP contribution in [0.4, 0.5) is 0 Å². The number of hydrogen-bond donors (Lipinski definition) is 1. The summed E-state index contributed by atoms with van der Waals surface area (Å²) in [4.78, 5) is 41.2. The van der Waals surface area contributed by atoms with Crippen molar-refractivity contribution in [1.82, 2.24) is 9.97 Å². The van der Waals surface area contributed by atoms with Crippen molar-refractivity contribution in [3.05, 3.63) is 61.3 Å². The van der Waals surface area contributed by atoms with Gasteiger partial charge in [-0.05, 0) is 60.8 Å². The summed E-state index contributed by atoms with van der Waals surface area (Å²) < 4.78 is 9.20. The van der Waals surface area contributed by atoms with Crippen molar-refractivity contribution in [3.63, 3.8) is 0 Å². The van der Waals surface area contributed by atoms with Crippen LogP contribution in [-0.4, -0.2) is 36.1 Å². The van der Waals surface area contributed by atoms with Crippen LogP contribution < -0.4 is 5.56 Å². The van der Waals surface area contributed by atoms with E-state index < -0.39 is 11.9 Å². The Morgan fingerprint density at radius 1 is 1.00 bits per heavy atom. The average molecular weight is 433 g/mol. The highest BCUT2D eigenvalue weighted by Crippen LogP contribution is 2.34. The molecule has 0 radical (unpaired) electrons. The van der Waals surface area contributed by atoms with E-state index >= 15 is 0 Å². The van der Waals surface area contributed by atoms with Crippen LogP contribution in [0.2, 0.25) is 5.15 Å². The Morgan fingerprint density at radius 3 is 2.23 bits per heavy atom. The van der Waals surface area contributed by atoms with Crippen LogP contribution in [0.25, 0.3) is 0 Å². The Labute approximate surface area is 179 Å². The topological polar surface area (TPSA) is 98.4 Å². The van der Waals surface area contributed by atoms with Gasteiger partial charge < -0.3 is 14.5 Å². The van der Waals surface area contributed by atoms with Crippen LogP contribution in [0.1, 0.15) is 81.8 Å². The van der Waals surface area contributed by atoms with Crippen LogP contribution in [0.15, 0.2) is 16.9 Å². The number of esters is 2. The van der Waals surface area contributed by atoms with Crippen molar-refractivity contribution < 1.29 is 19.1 Å². The predicted molar refractivity (Wildman–Crippen MR) is 112 cm³/mol. The molecule has 0 saturated carbocycles. The van der Waals surface area contributed by atoms with E-state index in [1.165, 1.54) is 14.2 Å².